The van der Waals surface area contributed by atoms with Gasteiger partial charge in [-0.3, -0.25) is 9.78 Å². The van der Waals surface area contributed by atoms with Gasteiger partial charge in [0.15, 0.2) is 5.15 Å². The molecule has 2 aliphatic heterocycles. The highest BCUT2D eigenvalue weighted by Gasteiger charge is 2.36. The molecular formula is C18H17ClF3N5O. The Labute approximate surface area is 164 Å². The summed E-state index contributed by atoms with van der Waals surface area (Å²) in [5.41, 5.74) is 2.12. The number of halogens is 4. The first-order chi connectivity index (χ1) is 13.2. The Morgan fingerprint density at radius 1 is 1.29 bits per heavy atom. The molecule has 4 rings (SSSR count). The van der Waals surface area contributed by atoms with Crippen molar-refractivity contribution >= 4 is 23.2 Å². The fourth-order valence-electron chi connectivity index (χ4n) is 3.58. The van der Waals surface area contributed by atoms with Crippen LogP contribution in [0.4, 0.5) is 18.9 Å². The van der Waals surface area contributed by atoms with Gasteiger partial charge < -0.3 is 9.80 Å². The van der Waals surface area contributed by atoms with Crippen LogP contribution in [-0.4, -0.2) is 39.1 Å². The van der Waals surface area contributed by atoms with Crippen molar-refractivity contribution in [2.45, 2.75) is 32.6 Å². The summed E-state index contributed by atoms with van der Waals surface area (Å²) in [7, 11) is 0. The van der Waals surface area contributed by atoms with Gasteiger partial charge in [0, 0.05) is 49.4 Å². The number of pyridine rings is 1. The molecule has 0 aromatic carbocycles. The van der Waals surface area contributed by atoms with E-state index in [0.29, 0.717) is 43.4 Å². The van der Waals surface area contributed by atoms with Crippen LogP contribution in [0.1, 0.15) is 28.9 Å². The molecule has 0 N–H and O–H groups in total. The quantitative estimate of drug-likeness (QED) is 0.776. The van der Waals surface area contributed by atoms with E-state index in [-0.39, 0.29) is 11.8 Å². The van der Waals surface area contributed by atoms with Crippen molar-refractivity contribution in [1.82, 2.24) is 20.1 Å². The van der Waals surface area contributed by atoms with Crippen LogP contribution < -0.4 is 4.90 Å². The van der Waals surface area contributed by atoms with Crippen molar-refractivity contribution < 1.29 is 18.0 Å². The number of hydrogen-bond acceptors (Lipinski definition) is 5. The number of carbonyl (C=O) groups excluding carboxylic acids is 1. The summed E-state index contributed by atoms with van der Waals surface area (Å²) in [6.07, 6.45) is -2.96. The largest absolute Gasteiger partial charge is 0.433 e. The van der Waals surface area contributed by atoms with Crippen molar-refractivity contribution in [2.75, 3.05) is 18.0 Å². The van der Waals surface area contributed by atoms with Gasteiger partial charge in [-0.15, -0.1) is 5.10 Å². The predicted octanol–water partition coefficient (Wildman–Crippen LogP) is 3.22. The number of nitrogens with zero attached hydrogens (tertiary/aromatic N) is 5. The van der Waals surface area contributed by atoms with Crippen molar-refractivity contribution in [1.29, 1.82) is 0 Å². The summed E-state index contributed by atoms with van der Waals surface area (Å²) in [6, 6.07) is 2.59. The zero-order chi connectivity index (χ0) is 20.1. The van der Waals surface area contributed by atoms with Crippen molar-refractivity contribution in [3.8, 4) is 0 Å². The maximum atomic E-state index is 12.8. The van der Waals surface area contributed by atoms with Crippen LogP contribution in [-0.2, 0) is 24.1 Å². The van der Waals surface area contributed by atoms with Crippen LogP contribution >= 0.6 is 11.6 Å². The second-order valence-electron chi connectivity index (χ2n) is 7.16. The number of anilines is 1. The molecule has 0 bridgehead atoms. The molecule has 0 spiro atoms. The Balaban J connectivity index is 1.33. The molecule has 10 heteroatoms. The zero-order valence-electron chi connectivity index (χ0n) is 15.0. The molecule has 28 heavy (non-hydrogen) atoms. The molecule has 2 aromatic rings. The molecule has 4 heterocycles. The van der Waals surface area contributed by atoms with Crippen molar-refractivity contribution in [2.24, 2.45) is 5.92 Å². The van der Waals surface area contributed by atoms with E-state index in [2.05, 4.69) is 15.2 Å². The van der Waals surface area contributed by atoms with Crippen LogP contribution in [0, 0.1) is 12.8 Å². The third-order valence-electron chi connectivity index (χ3n) is 5.23. The Morgan fingerprint density at radius 2 is 2.04 bits per heavy atom. The standard InChI is InChI=1S/C18H17ClF3N5O/c1-10-13-8-27(9-14(13)24-25-17(10)19)16(28)4-11-6-26(7-11)12-2-3-23-15(5-12)18(20,21)22/h2-3,5,11H,4,6-9H2,1H3. The van der Waals surface area contributed by atoms with Crippen molar-refractivity contribution in [3.05, 3.63) is 46.0 Å². The molecule has 0 saturated carbocycles. The molecule has 1 fully saturated rings. The van der Waals surface area contributed by atoms with E-state index in [0.717, 1.165) is 29.1 Å². The number of rotatable bonds is 3. The van der Waals surface area contributed by atoms with E-state index >= 15 is 0 Å². The lowest BCUT2D eigenvalue weighted by molar-refractivity contribution is -0.141. The van der Waals surface area contributed by atoms with E-state index in [4.69, 9.17) is 11.6 Å². The number of carbonyl (C=O) groups is 1. The first-order valence-electron chi connectivity index (χ1n) is 8.79. The van der Waals surface area contributed by atoms with Gasteiger partial charge in [0.2, 0.25) is 5.91 Å². The highest BCUT2D eigenvalue weighted by Crippen LogP contribution is 2.33. The van der Waals surface area contributed by atoms with Crippen LogP contribution in [0.2, 0.25) is 5.15 Å². The van der Waals surface area contributed by atoms with Crippen LogP contribution in [0.3, 0.4) is 0 Å². The van der Waals surface area contributed by atoms with E-state index in [1.807, 2.05) is 11.8 Å². The van der Waals surface area contributed by atoms with Crippen LogP contribution in [0.25, 0.3) is 0 Å². The monoisotopic (exact) mass is 411 g/mol. The number of amides is 1. The summed E-state index contributed by atoms with van der Waals surface area (Å²) in [4.78, 5) is 19.5. The third kappa shape index (κ3) is 3.50. The first-order valence-corrected chi connectivity index (χ1v) is 9.16. The molecule has 0 atom stereocenters. The number of aromatic nitrogens is 3. The molecule has 0 aliphatic carbocycles. The summed E-state index contributed by atoms with van der Waals surface area (Å²) >= 11 is 5.99. The normalized spacial score (nSPS) is 16.9. The van der Waals surface area contributed by atoms with E-state index in [9.17, 15) is 18.0 Å². The average molecular weight is 412 g/mol. The Bertz CT molecular complexity index is 930. The zero-order valence-corrected chi connectivity index (χ0v) is 15.8. The highest BCUT2D eigenvalue weighted by molar-refractivity contribution is 6.30. The minimum Gasteiger partial charge on any atom is -0.371 e. The third-order valence-corrected chi connectivity index (χ3v) is 5.59. The minimum absolute atomic E-state index is 0.00359. The second kappa shape index (κ2) is 6.88. The molecular weight excluding hydrogens is 395 g/mol. The predicted molar refractivity (Wildman–Crippen MR) is 95.6 cm³/mol. The Hall–Kier alpha value is -2.42. The first kappa shape index (κ1) is 18.9. The molecule has 0 unspecified atom stereocenters. The van der Waals surface area contributed by atoms with Crippen molar-refractivity contribution in [3.63, 3.8) is 0 Å². The van der Waals surface area contributed by atoms with E-state index < -0.39 is 11.9 Å². The minimum atomic E-state index is -4.47. The fraction of sp³-hybridized carbons (Fsp3) is 0.444. The van der Waals surface area contributed by atoms with Gasteiger partial charge in [0.1, 0.15) is 5.69 Å². The molecule has 148 valence electrons. The smallest absolute Gasteiger partial charge is 0.371 e. The van der Waals surface area contributed by atoms with E-state index in [1.165, 1.54) is 0 Å². The number of fused-ring (bicyclic) bond motifs is 1. The van der Waals surface area contributed by atoms with E-state index in [1.54, 1.807) is 11.0 Å². The lowest BCUT2D eigenvalue weighted by Crippen LogP contribution is -2.48. The highest BCUT2D eigenvalue weighted by atomic mass is 35.5. The molecule has 6 nitrogen and oxygen atoms in total. The van der Waals surface area contributed by atoms with Gasteiger partial charge in [-0.1, -0.05) is 11.6 Å². The molecule has 2 aromatic heterocycles. The Kier molecular flexibility index (Phi) is 4.65. The fourth-order valence-corrected chi connectivity index (χ4v) is 3.73. The molecule has 1 amide bonds. The van der Waals surface area contributed by atoms with Gasteiger partial charge in [-0.2, -0.15) is 18.3 Å². The number of alkyl halides is 3. The summed E-state index contributed by atoms with van der Waals surface area (Å²) in [6.45, 7) is 3.81. The summed E-state index contributed by atoms with van der Waals surface area (Å²) < 4.78 is 38.4. The summed E-state index contributed by atoms with van der Waals surface area (Å²) in [5.74, 6) is 0.110. The lowest BCUT2D eigenvalue weighted by atomic mass is 9.95. The topological polar surface area (TPSA) is 62.2 Å². The Morgan fingerprint density at radius 3 is 2.75 bits per heavy atom. The number of hydrogen-bond donors (Lipinski definition) is 0. The van der Waals surface area contributed by atoms with Crippen LogP contribution in [0.15, 0.2) is 18.3 Å². The van der Waals surface area contributed by atoms with Gasteiger partial charge in [0.05, 0.1) is 12.2 Å². The van der Waals surface area contributed by atoms with Gasteiger partial charge >= 0.3 is 6.18 Å². The van der Waals surface area contributed by atoms with Gasteiger partial charge in [-0.05, 0) is 24.6 Å². The maximum Gasteiger partial charge on any atom is 0.433 e. The summed E-state index contributed by atoms with van der Waals surface area (Å²) in [5, 5.41) is 8.29. The molecule has 2 aliphatic rings. The molecule has 0 radical (unpaired) electrons. The maximum absolute atomic E-state index is 12.8. The van der Waals surface area contributed by atoms with Crippen LogP contribution in [0.5, 0.6) is 0 Å². The van der Waals surface area contributed by atoms with Gasteiger partial charge in [-0.25, -0.2) is 0 Å². The second-order valence-corrected chi connectivity index (χ2v) is 7.52. The molecule has 1 saturated heterocycles. The van der Waals surface area contributed by atoms with Gasteiger partial charge in [0.25, 0.3) is 0 Å². The SMILES string of the molecule is Cc1c(Cl)nnc2c1CN(C(=O)CC1CN(c3ccnc(C(F)(F)F)c3)C1)C2. The average Bonchev–Trinajstić information content (AvgIpc) is 3.05. The lowest BCUT2D eigenvalue weighted by Gasteiger charge is -2.41.